The first-order chi connectivity index (χ1) is 5.52. The van der Waals surface area contributed by atoms with Crippen LogP contribution in [0.5, 0.6) is 0 Å². The van der Waals surface area contributed by atoms with E-state index in [9.17, 15) is 13.9 Å². The number of rotatable bonds is 4. The molecule has 3 nitrogen and oxygen atoms in total. The molecule has 0 heterocycles. The van der Waals surface area contributed by atoms with Crippen LogP contribution in [0.15, 0.2) is 0 Å². The largest absolute Gasteiger partial charge is 0.366 e. The topological polar surface area (TPSA) is 55.5 Å². The van der Waals surface area contributed by atoms with Crippen molar-refractivity contribution in [2.75, 3.05) is 6.61 Å². The fourth-order valence-electron chi connectivity index (χ4n) is 1.24. The summed E-state index contributed by atoms with van der Waals surface area (Å²) in [5.41, 5.74) is 4.25. The number of aliphatic hydroxyl groups excluding tert-OH is 1. The number of hydrogen-bond acceptors (Lipinski definition) is 3. The standard InChI is InChI=1S/C7H13F2NO2/c1-2-12-6(11)7(10)3-4(7)5(8)9/h4-6,11H,2-3,10H2,1H3/t4-,6?,7+/m0/s1. The third-order valence-corrected chi connectivity index (χ3v) is 2.19. The second kappa shape index (κ2) is 3.24. The third-order valence-electron chi connectivity index (χ3n) is 2.19. The molecule has 1 rings (SSSR count). The van der Waals surface area contributed by atoms with Gasteiger partial charge in [-0.25, -0.2) is 8.78 Å². The van der Waals surface area contributed by atoms with Gasteiger partial charge in [0.2, 0.25) is 6.43 Å². The molecular formula is C7H13F2NO2. The molecule has 3 atom stereocenters. The van der Waals surface area contributed by atoms with Gasteiger partial charge in [0.25, 0.3) is 0 Å². The lowest BCUT2D eigenvalue weighted by molar-refractivity contribution is -0.123. The monoisotopic (exact) mass is 181 g/mol. The molecule has 12 heavy (non-hydrogen) atoms. The van der Waals surface area contributed by atoms with Crippen molar-refractivity contribution in [3.63, 3.8) is 0 Å². The lowest BCUT2D eigenvalue weighted by atomic mass is 10.2. The van der Waals surface area contributed by atoms with Gasteiger partial charge in [-0.2, -0.15) is 0 Å². The maximum Gasteiger partial charge on any atom is 0.243 e. The summed E-state index contributed by atoms with van der Waals surface area (Å²) in [6.45, 7) is 1.95. The average Bonchev–Trinajstić information content (AvgIpc) is 2.65. The molecule has 1 aliphatic rings. The Labute approximate surface area is 69.5 Å². The average molecular weight is 181 g/mol. The van der Waals surface area contributed by atoms with Gasteiger partial charge in [0.05, 0.1) is 5.54 Å². The van der Waals surface area contributed by atoms with Crippen LogP contribution in [0.4, 0.5) is 8.78 Å². The molecule has 0 bridgehead atoms. The van der Waals surface area contributed by atoms with Crippen molar-refractivity contribution in [2.24, 2.45) is 11.7 Å². The summed E-state index contributed by atoms with van der Waals surface area (Å²) in [6, 6.07) is 0. The predicted molar refractivity (Wildman–Crippen MR) is 38.7 cm³/mol. The third kappa shape index (κ3) is 1.57. The highest BCUT2D eigenvalue weighted by atomic mass is 19.3. The minimum Gasteiger partial charge on any atom is -0.366 e. The zero-order valence-corrected chi connectivity index (χ0v) is 6.84. The molecule has 5 heteroatoms. The van der Waals surface area contributed by atoms with Gasteiger partial charge in [-0.3, -0.25) is 0 Å². The maximum absolute atomic E-state index is 12.1. The van der Waals surface area contributed by atoms with Crippen LogP contribution >= 0.6 is 0 Å². The molecule has 0 amide bonds. The molecule has 1 unspecified atom stereocenters. The van der Waals surface area contributed by atoms with E-state index in [2.05, 4.69) is 0 Å². The van der Waals surface area contributed by atoms with Gasteiger partial charge in [0.1, 0.15) is 0 Å². The van der Waals surface area contributed by atoms with Crippen LogP contribution in [0.25, 0.3) is 0 Å². The molecule has 0 aromatic carbocycles. The summed E-state index contributed by atoms with van der Waals surface area (Å²) in [4.78, 5) is 0. The quantitative estimate of drug-likeness (QED) is 0.614. The van der Waals surface area contributed by atoms with Gasteiger partial charge in [0, 0.05) is 12.5 Å². The zero-order valence-electron chi connectivity index (χ0n) is 6.84. The first-order valence-electron chi connectivity index (χ1n) is 3.89. The van der Waals surface area contributed by atoms with Crippen LogP contribution in [0.1, 0.15) is 13.3 Å². The minimum atomic E-state index is -2.47. The van der Waals surface area contributed by atoms with Gasteiger partial charge >= 0.3 is 0 Å². The predicted octanol–water partition coefficient (Wildman–Crippen LogP) is 0.324. The highest BCUT2D eigenvalue weighted by Gasteiger charge is 2.61. The molecule has 1 saturated carbocycles. The van der Waals surface area contributed by atoms with E-state index in [0.717, 1.165) is 0 Å². The van der Waals surface area contributed by atoms with E-state index >= 15 is 0 Å². The van der Waals surface area contributed by atoms with Crippen LogP contribution in [-0.2, 0) is 4.74 Å². The maximum atomic E-state index is 12.1. The number of halogens is 2. The smallest absolute Gasteiger partial charge is 0.243 e. The summed E-state index contributed by atoms with van der Waals surface area (Å²) >= 11 is 0. The Balaban J connectivity index is 2.43. The highest BCUT2D eigenvalue weighted by molar-refractivity contribution is 5.11. The summed E-state index contributed by atoms with van der Waals surface area (Å²) < 4.78 is 28.9. The van der Waals surface area contributed by atoms with Crippen LogP contribution < -0.4 is 5.73 Å². The number of alkyl halides is 2. The van der Waals surface area contributed by atoms with E-state index in [-0.39, 0.29) is 13.0 Å². The number of hydrogen-bond donors (Lipinski definition) is 2. The van der Waals surface area contributed by atoms with E-state index in [1.807, 2.05) is 0 Å². The van der Waals surface area contributed by atoms with E-state index in [0.29, 0.717) is 0 Å². The Bertz CT molecular complexity index is 167. The lowest BCUT2D eigenvalue weighted by Crippen LogP contribution is -2.42. The van der Waals surface area contributed by atoms with Crippen molar-refractivity contribution >= 4 is 0 Å². The number of ether oxygens (including phenoxy) is 1. The summed E-state index contributed by atoms with van der Waals surface area (Å²) in [6.07, 6.45) is -3.60. The van der Waals surface area contributed by atoms with E-state index in [1.165, 1.54) is 0 Å². The Hall–Kier alpha value is -0.260. The minimum absolute atomic E-state index is 0.131. The molecule has 0 radical (unpaired) electrons. The molecule has 3 N–H and O–H groups in total. The van der Waals surface area contributed by atoms with Gasteiger partial charge in [-0.1, -0.05) is 0 Å². The Kier molecular flexibility index (Phi) is 2.65. The first-order valence-corrected chi connectivity index (χ1v) is 3.89. The van der Waals surface area contributed by atoms with Crippen molar-refractivity contribution in [3.8, 4) is 0 Å². The normalized spacial score (nSPS) is 37.0. The highest BCUT2D eigenvalue weighted by Crippen LogP contribution is 2.47. The van der Waals surface area contributed by atoms with E-state index in [1.54, 1.807) is 6.92 Å². The zero-order chi connectivity index (χ0) is 9.35. The summed E-state index contributed by atoms with van der Waals surface area (Å²) in [7, 11) is 0. The lowest BCUT2D eigenvalue weighted by Gasteiger charge is -2.18. The second-order valence-corrected chi connectivity index (χ2v) is 3.07. The Morgan fingerprint density at radius 3 is 2.67 bits per heavy atom. The van der Waals surface area contributed by atoms with Gasteiger partial charge in [0.15, 0.2) is 6.29 Å². The SMILES string of the molecule is CCOC(O)[C@@]1(N)C[C@H]1C(F)F. The molecular weight excluding hydrogens is 168 g/mol. The fraction of sp³-hybridized carbons (Fsp3) is 1.00. The molecule has 0 saturated heterocycles. The van der Waals surface area contributed by atoms with Crippen molar-refractivity contribution in [2.45, 2.75) is 31.6 Å². The van der Waals surface area contributed by atoms with Crippen LogP contribution in [0.2, 0.25) is 0 Å². The molecule has 1 aliphatic carbocycles. The molecule has 72 valence electrons. The molecule has 0 aromatic rings. The molecule has 0 aliphatic heterocycles. The molecule has 1 fully saturated rings. The number of aliphatic hydroxyl groups is 1. The summed E-state index contributed by atoms with van der Waals surface area (Å²) in [5.74, 6) is -0.918. The second-order valence-electron chi connectivity index (χ2n) is 3.07. The summed E-state index contributed by atoms with van der Waals surface area (Å²) in [5, 5.41) is 9.19. The number of nitrogens with two attached hydrogens (primary N) is 1. The van der Waals surface area contributed by atoms with Gasteiger partial charge < -0.3 is 15.6 Å². The Morgan fingerprint density at radius 2 is 2.33 bits per heavy atom. The van der Waals surface area contributed by atoms with Crippen molar-refractivity contribution in [1.82, 2.24) is 0 Å². The fourth-order valence-corrected chi connectivity index (χ4v) is 1.24. The van der Waals surface area contributed by atoms with Crippen LogP contribution in [0.3, 0.4) is 0 Å². The molecule has 0 aromatic heterocycles. The van der Waals surface area contributed by atoms with Crippen LogP contribution in [0, 0.1) is 5.92 Å². The van der Waals surface area contributed by atoms with Gasteiger partial charge in [-0.15, -0.1) is 0 Å². The van der Waals surface area contributed by atoms with Crippen molar-refractivity contribution < 1.29 is 18.6 Å². The molecule has 0 spiro atoms. The van der Waals surface area contributed by atoms with Crippen LogP contribution in [-0.4, -0.2) is 30.0 Å². The van der Waals surface area contributed by atoms with E-state index in [4.69, 9.17) is 10.5 Å². The van der Waals surface area contributed by atoms with Crippen molar-refractivity contribution in [3.05, 3.63) is 0 Å². The van der Waals surface area contributed by atoms with Gasteiger partial charge in [-0.05, 0) is 13.3 Å². The van der Waals surface area contributed by atoms with Crippen molar-refractivity contribution in [1.29, 1.82) is 0 Å². The Morgan fingerprint density at radius 1 is 1.75 bits per heavy atom. The van der Waals surface area contributed by atoms with E-state index < -0.39 is 24.2 Å². The first kappa shape index (κ1) is 9.83.